The Balaban J connectivity index is 0.00000306. The lowest BCUT2D eigenvalue weighted by molar-refractivity contribution is -0.121. The van der Waals surface area contributed by atoms with Gasteiger partial charge in [-0.05, 0) is 76.2 Å². The highest BCUT2D eigenvalue weighted by Crippen LogP contribution is 2.28. The van der Waals surface area contributed by atoms with E-state index in [1.807, 2.05) is 42.5 Å². The molecule has 1 N–H and O–H groups in total. The molecule has 0 spiro atoms. The number of hydrogen-bond acceptors (Lipinski definition) is 5. The first kappa shape index (κ1) is 25.1. The van der Waals surface area contributed by atoms with Crippen molar-refractivity contribution < 1.29 is 14.1 Å². The van der Waals surface area contributed by atoms with Crippen LogP contribution in [0, 0.1) is 5.92 Å². The Morgan fingerprint density at radius 1 is 1.18 bits per heavy atom. The molecule has 0 unspecified atom stereocenters. The third-order valence-corrected chi connectivity index (χ3v) is 6.09. The lowest BCUT2D eigenvalue weighted by Gasteiger charge is -2.34. The van der Waals surface area contributed by atoms with E-state index in [2.05, 4.69) is 29.2 Å². The van der Waals surface area contributed by atoms with Gasteiger partial charge in [0, 0.05) is 28.6 Å². The van der Waals surface area contributed by atoms with E-state index in [0.717, 1.165) is 31.5 Å². The zero-order valence-electron chi connectivity index (χ0n) is 18.8. The number of rotatable bonds is 7. The van der Waals surface area contributed by atoms with Gasteiger partial charge in [0.15, 0.2) is 5.76 Å². The SMILES string of the molecule is CC(C)N1CCC(C(=O)Nc2ccccc2OCc2cc(-c3ccc(Cl)cc3)on2)CC1.Cl. The average molecular weight is 490 g/mol. The second kappa shape index (κ2) is 11.5. The first-order valence-electron chi connectivity index (χ1n) is 11.0. The molecule has 2 aromatic carbocycles. The minimum Gasteiger partial charge on any atom is -0.485 e. The molecule has 0 atom stereocenters. The number of carbonyl (C=O) groups is 1. The number of amides is 1. The Hall–Kier alpha value is -2.54. The summed E-state index contributed by atoms with van der Waals surface area (Å²) >= 11 is 5.94. The van der Waals surface area contributed by atoms with Crippen LogP contribution >= 0.6 is 24.0 Å². The number of halogens is 2. The summed E-state index contributed by atoms with van der Waals surface area (Å²) in [6.45, 7) is 6.53. The van der Waals surface area contributed by atoms with Gasteiger partial charge in [0.05, 0.1) is 5.69 Å². The predicted molar refractivity (Wildman–Crippen MR) is 133 cm³/mol. The fourth-order valence-corrected chi connectivity index (χ4v) is 4.02. The average Bonchev–Trinajstić information content (AvgIpc) is 3.28. The molecule has 3 aromatic rings. The summed E-state index contributed by atoms with van der Waals surface area (Å²) in [7, 11) is 0. The van der Waals surface area contributed by atoms with Gasteiger partial charge < -0.3 is 19.5 Å². The number of nitrogens with one attached hydrogen (secondary N) is 1. The van der Waals surface area contributed by atoms with E-state index in [9.17, 15) is 4.79 Å². The van der Waals surface area contributed by atoms with E-state index in [0.29, 0.717) is 34.0 Å². The topological polar surface area (TPSA) is 67.6 Å². The molecule has 2 heterocycles. The minimum atomic E-state index is 0. The second-order valence-electron chi connectivity index (χ2n) is 8.37. The van der Waals surface area contributed by atoms with Crippen LogP contribution in [0.2, 0.25) is 5.02 Å². The summed E-state index contributed by atoms with van der Waals surface area (Å²) in [6, 6.07) is 17.2. The molecule has 0 radical (unpaired) electrons. The maximum atomic E-state index is 12.8. The summed E-state index contributed by atoms with van der Waals surface area (Å²) in [5.41, 5.74) is 2.23. The van der Waals surface area contributed by atoms with Crippen molar-refractivity contribution in [3.63, 3.8) is 0 Å². The number of piperidine rings is 1. The summed E-state index contributed by atoms with van der Waals surface area (Å²) < 4.78 is 11.4. The van der Waals surface area contributed by atoms with Crippen molar-refractivity contribution in [2.24, 2.45) is 5.92 Å². The van der Waals surface area contributed by atoms with Gasteiger partial charge in [-0.3, -0.25) is 4.79 Å². The number of aromatic nitrogens is 1. The minimum absolute atomic E-state index is 0. The van der Waals surface area contributed by atoms with E-state index in [1.165, 1.54) is 0 Å². The molecule has 176 valence electrons. The summed E-state index contributed by atoms with van der Waals surface area (Å²) in [5, 5.41) is 7.82. The predicted octanol–water partition coefficient (Wildman–Crippen LogP) is 6.05. The normalized spacial score (nSPS) is 14.7. The number of anilines is 1. The van der Waals surface area contributed by atoms with Crippen molar-refractivity contribution in [2.75, 3.05) is 18.4 Å². The first-order chi connectivity index (χ1) is 15.5. The Kier molecular flexibility index (Phi) is 8.78. The van der Waals surface area contributed by atoms with Crippen molar-refractivity contribution in [1.82, 2.24) is 10.1 Å². The van der Waals surface area contributed by atoms with Gasteiger partial charge in [-0.25, -0.2) is 0 Å². The summed E-state index contributed by atoms with van der Waals surface area (Å²) in [5.74, 6) is 1.33. The Labute approximate surface area is 205 Å². The summed E-state index contributed by atoms with van der Waals surface area (Å²) in [6.07, 6.45) is 1.75. The second-order valence-corrected chi connectivity index (χ2v) is 8.80. The van der Waals surface area contributed by atoms with Crippen LogP contribution in [0.25, 0.3) is 11.3 Å². The van der Waals surface area contributed by atoms with Crippen LogP contribution in [0.5, 0.6) is 5.75 Å². The van der Waals surface area contributed by atoms with Crippen molar-refractivity contribution >= 4 is 35.6 Å². The number of para-hydroxylation sites is 2. The zero-order valence-corrected chi connectivity index (χ0v) is 20.4. The maximum Gasteiger partial charge on any atom is 0.227 e. The van der Waals surface area contributed by atoms with Crippen LogP contribution < -0.4 is 10.1 Å². The number of carbonyl (C=O) groups excluding carboxylic acids is 1. The smallest absolute Gasteiger partial charge is 0.227 e. The molecule has 8 heteroatoms. The van der Waals surface area contributed by atoms with Gasteiger partial charge in [-0.2, -0.15) is 0 Å². The molecule has 1 saturated heterocycles. The van der Waals surface area contributed by atoms with Crippen LogP contribution in [0.1, 0.15) is 32.4 Å². The Bertz CT molecular complexity index is 1050. The number of benzene rings is 2. The molecule has 1 fully saturated rings. The van der Waals surface area contributed by atoms with Crippen LogP contribution in [0.4, 0.5) is 5.69 Å². The van der Waals surface area contributed by atoms with Gasteiger partial charge >= 0.3 is 0 Å². The van der Waals surface area contributed by atoms with Crippen molar-refractivity contribution in [3.05, 3.63) is 65.3 Å². The van der Waals surface area contributed by atoms with E-state index < -0.39 is 0 Å². The number of likely N-dealkylation sites (tertiary alicyclic amines) is 1. The Morgan fingerprint density at radius 3 is 2.58 bits per heavy atom. The number of nitrogens with zero attached hydrogens (tertiary/aromatic N) is 2. The first-order valence-corrected chi connectivity index (χ1v) is 11.4. The third kappa shape index (κ3) is 6.50. The van der Waals surface area contributed by atoms with Crippen LogP contribution in [-0.2, 0) is 11.4 Å². The molecule has 0 aliphatic carbocycles. The largest absolute Gasteiger partial charge is 0.485 e. The lowest BCUT2D eigenvalue weighted by Crippen LogP contribution is -2.41. The van der Waals surface area contributed by atoms with Gasteiger partial charge in [-0.1, -0.05) is 28.9 Å². The van der Waals surface area contributed by atoms with Gasteiger partial charge in [0.1, 0.15) is 18.1 Å². The molecule has 0 bridgehead atoms. The zero-order chi connectivity index (χ0) is 22.5. The highest BCUT2D eigenvalue weighted by atomic mass is 35.5. The van der Waals surface area contributed by atoms with Crippen molar-refractivity contribution in [3.8, 4) is 17.1 Å². The van der Waals surface area contributed by atoms with Crippen molar-refractivity contribution in [2.45, 2.75) is 39.3 Å². The monoisotopic (exact) mass is 489 g/mol. The molecule has 4 rings (SSSR count). The van der Waals surface area contributed by atoms with Crippen LogP contribution in [-0.4, -0.2) is 35.1 Å². The molecule has 1 aliphatic rings. The van der Waals surface area contributed by atoms with Crippen LogP contribution in [0.3, 0.4) is 0 Å². The molecule has 1 amide bonds. The third-order valence-electron chi connectivity index (χ3n) is 5.84. The maximum absolute atomic E-state index is 12.8. The molecule has 33 heavy (non-hydrogen) atoms. The number of hydrogen-bond donors (Lipinski definition) is 1. The Morgan fingerprint density at radius 2 is 1.88 bits per heavy atom. The summed E-state index contributed by atoms with van der Waals surface area (Å²) in [4.78, 5) is 15.2. The van der Waals surface area contributed by atoms with E-state index >= 15 is 0 Å². The molecule has 6 nitrogen and oxygen atoms in total. The molecular weight excluding hydrogens is 461 g/mol. The standard InChI is InChI=1S/C25H28ClN3O3.ClH/c1-17(2)29-13-11-19(12-14-29)25(30)27-22-5-3-4-6-23(22)31-16-21-15-24(32-28-21)18-7-9-20(26)10-8-18;/h3-10,15,17,19H,11-14,16H2,1-2H3,(H,27,30);1H. The fourth-order valence-electron chi connectivity index (χ4n) is 3.89. The van der Waals surface area contributed by atoms with Gasteiger partial charge in [0.25, 0.3) is 0 Å². The van der Waals surface area contributed by atoms with E-state index in [-0.39, 0.29) is 30.8 Å². The number of ether oxygens (including phenoxy) is 1. The molecule has 1 aliphatic heterocycles. The van der Waals surface area contributed by atoms with Crippen LogP contribution in [0.15, 0.2) is 59.1 Å². The molecule has 1 aromatic heterocycles. The quantitative estimate of drug-likeness (QED) is 0.437. The lowest BCUT2D eigenvalue weighted by atomic mass is 9.95. The molecule has 0 saturated carbocycles. The van der Waals surface area contributed by atoms with Gasteiger partial charge in [0.2, 0.25) is 5.91 Å². The van der Waals surface area contributed by atoms with Gasteiger partial charge in [-0.15, -0.1) is 12.4 Å². The molecular formula is C25H29Cl2N3O3. The van der Waals surface area contributed by atoms with Crippen molar-refractivity contribution in [1.29, 1.82) is 0 Å². The highest BCUT2D eigenvalue weighted by molar-refractivity contribution is 6.30. The fraction of sp³-hybridized carbons (Fsp3) is 0.360. The van der Waals surface area contributed by atoms with E-state index in [4.69, 9.17) is 20.9 Å². The highest BCUT2D eigenvalue weighted by Gasteiger charge is 2.26. The van der Waals surface area contributed by atoms with E-state index in [1.54, 1.807) is 12.1 Å².